The first kappa shape index (κ1) is 13.2. The molecular weight excluding hydrogens is 288 g/mol. The second-order valence-electron chi connectivity index (χ2n) is 4.35. The molecule has 1 heterocycles. The summed E-state index contributed by atoms with van der Waals surface area (Å²) >= 11 is 3.46. The molecule has 2 nitrogen and oxygen atoms in total. The number of nitrogens with one attached hydrogen (secondary N) is 1. The summed E-state index contributed by atoms with van der Waals surface area (Å²) < 4.78 is 1.12. The van der Waals surface area contributed by atoms with Crippen LogP contribution >= 0.6 is 15.9 Å². The van der Waals surface area contributed by atoms with E-state index in [9.17, 15) is 0 Å². The van der Waals surface area contributed by atoms with Crippen LogP contribution in [0.1, 0.15) is 22.9 Å². The summed E-state index contributed by atoms with van der Waals surface area (Å²) in [6, 6.07) is 12.9. The first-order valence-electron chi connectivity index (χ1n) is 6.04. The Morgan fingerprint density at radius 1 is 1.22 bits per heavy atom. The molecule has 1 unspecified atom stereocenters. The van der Waals surface area contributed by atoms with Crippen LogP contribution in [0, 0.1) is 6.92 Å². The SMILES string of the molecule is CNC(Cc1ccc(Br)cc1)c1cccnc1C. The Morgan fingerprint density at radius 3 is 2.56 bits per heavy atom. The van der Waals surface area contributed by atoms with Crippen molar-refractivity contribution in [3.8, 4) is 0 Å². The molecule has 0 saturated carbocycles. The van der Waals surface area contributed by atoms with Crippen molar-refractivity contribution in [1.82, 2.24) is 10.3 Å². The van der Waals surface area contributed by atoms with Crippen molar-refractivity contribution in [2.45, 2.75) is 19.4 Å². The van der Waals surface area contributed by atoms with E-state index in [-0.39, 0.29) is 0 Å². The molecule has 2 rings (SSSR count). The third-order valence-corrected chi connectivity index (χ3v) is 3.65. The van der Waals surface area contributed by atoms with Crippen LogP contribution < -0.4 is 5.32 Å². The largest absolute Gasteiger partial charge is 0.313 e. The maximum atomic E-state index is 4.36. The van der Waals surface area contributed by atoms with Gasteiger partial charge in [-0.3, -0.25) is 4.98 Å². The van der Waals surface area contributed by atoms with Gasteiger partial charge in [-0.05, 0) is 49.7 Å². The summed E-state index contributed by atoms with van der Waals surface area (Å²) in [4.78, 5) is 4.36. The van der Waals surface area contributed by atoms with Gasteiger partial charge in [0.25, 0.3) is 0 Å². The number of hydrogen-bond acceptors (Lipinski definition) is 2. The lowest BCUT2D eigenvalue weighted by Gasteiger charge is -2.18. The maximum absolute atomic E-state index is 4.36. The van der Waals surface area contributed by atoms with E-state index in [1.54, 1.807) is 0 Å². The van der Waals surface area contributed by atoms with Crippen LogP contribution in [0.15, 0.2) is 47.1 Å². The van der Waals surface area contributed by atoms with E-state index in [0.717, 1.165) is 16.6 Å². The van der Waals surface area contributed by atoms with Crippen molar-refractivity contribution in [1.29, 1.82) is 0 Å². The average molecular weight is 305 g/mol. The van der Waals surface area contributed by atoms with E-state index < -0.39 is 0 Å². The molecule has 0 fully saturated rings. The van der Waals surface area contributed by atoms with Crippen LogP contribution in [0.2, 0.25) is 0 Å². The molecule has 1 atom stereocenters. The fourth-order valence-electron chi connectivity index (χ4n) is 2.09. The van der Waals surface area contributed by atoms with E-state index in [1.165, 1.54) is 11.1 Å². The molecule has 94 valence electrons. The minimum absolute atomic E-state index is 0.305. The van der Waals surface area contributed by atoms with Gasteiger partial charge in [0.1, 0.15) is 0 Å². The summed E-state index contributed by atoms with van der Waals surface area (Å²) in [5.74, 6) is 0. The van der Waals surface area contributed by atoms with E-state index in [0.29, 0.717) is 6.04 Å². The fourth-order valence-corrected chi connectivity index (χ4v) is 2.35. The molecule has 1 aromatic carbocycles. The number of benzene rings is 1. The predicted octanol–water partition coefficient (Wildman–Crippen LogP) is 3.66. The molecule has 0 bridgehead atoms. The molecule has 2 aromatic rings. The van der Waals surface area contributed by atoms with Gasteiger partial charge in [0.05, 0.1) is 0 Å². The van der Waals surface area contributed by atoms with Gasteiger partial charge in [-0.15, -0.1) is 0 Å². The summed E-state index contributed by atoms with van der Waals surface area (Å²) in [7, 11) is 2.00. The van der Waals surface area contributed by atoms with E-state index in [2.05, 4.69) is 63.5 Å². The Balaban J connectivity index is 2.20. The number of aromatic nitrogens is 1. The number of likely N-dealkylation sites (N-methyl/N-ethyl adjacent to an activating group) is 1. The zero-order chi connectivity index (χ0) is 13.0. The van der Waals surface area contributed by atoms with Gasteiger partial charge in [0, 0.05) is 22.4 Å². The lowest BCUT2D eigenvalue weighted by Crippen LogP contribution is -2.20. The summed E-state index contributed by atoms with van der Waals surface area (Å²) in [5.41, 5.74) is 3.68. The summed E-state index contributed by atoms with van der Waals surface area (Å²) in [5, 5.41) is 3.37. The predicted molar refractivity (Wildman–Crippen MR) is 78.6 cm³/mol. The number of aryl methyl sites for hydroxylation is 1. The molecular formula is C15H17BrN2. The van der Waals surface area contributed by atoms with Gasteiger partial charge < -0.3 is 5.32 Å². The van der Waals surface area contributed by atoms with E-state index >= 15 is 0 Å². The van der Waals surface area contributed by atoms with Crippen LogP contribution in [0.25, 0.3) is 0 Å². The first-order chi connectivity index (χ1) is 8.70. The molecule has 0 amide bonds. The third-order valence-electron chi connectivity index (χ3n) is 3.12. The quantitative estimate of drug-likeness (QED) is 0.932. The van der Waals surface area contributed by atoms with Gasteiger partial charge in [-0.25, -0.2) is 0 Å². The molecule has 0 aliphatic carbocycles. The van der Waals surface area contributed by atoms with Gasteiger partial charge in [-0.1, -0.05) is 34.1 Å². The second-order valence-corrected chi connectivity index (χ2v) is 5.27. The van der Waals surface area contributed by atoms with Crippen molar-refractivity contribution in [2.75, 3.05) is 7.05 Å². The first-order valence-corrected chi connectivity index (χ1v) is 6.83. The van der Waals surface area contributed by atoms with Crippen LogP contribution in [0.4, 0.5) is 0 Å². The highest BCUT2D eigenvalue weighted by Crippen LogP contribution is 2.21. The Hall–Kier alpha value is -1.19. The lowest BCUT2D eigenvalue weighted by atomic mass is 9.98. The van der Waals surface area contributed by atoms with Gasteiger partial charge in [0.2, 0.25) is 0 Å². The molecule has 0 aliphatic rings. The number of rotatable bonds is 4. The van der Waals surface area contributed by atoms with Crippen molar-refractivity contribution in [3.05, 3.63) is 63.9 Å². The Morgan fingerprint density at radius 2 is 1.94 bits per heavy atom. The molecule has 0 saturated heterocycles. The normalized spacial score (nSPS) is 12.4. The Labute approximate surface area is 117 Å². The van der Waals surface area contributed by atoms with Gasteiger partial charge >= 0.3 is 0 Å². The Kier molecular flexibility index (Phi) is 4.50. The summed E-state index contributed by atoms with van der Waals surface area (Å²) in [6.45, 7) is 2.06. The Bertz CT molecular complexity index is 508. The topological polar surface area (TPSA) is 24.9 Å². The average Bonchev–Trinajstić information content (AvgIpc) is 2.39. The highest BCUT2D eigenvalue weighted by Gasteiger charge is 2.12. The standard InChI is InChI=1S/C15H17BrN2/c1-11-14(4-3-9-18-11)15(17-2)10-12-5-7-13(16)8-6-12/h3-9,15,17H,10H2,1-2H3. The zero-order valence-electron chi connectivity index (χ0n) is 10.7. The van der Waals surface area contributed by atoms with Crippen molar-refractivity contribution in [3.63, 3.8) is 0 Å². The minimum atomic E-state index is 0.305. The molecule has 1 N–H and O–H groups in total. The minimum Gasteiger partial charge on any atom is -0.313 e. The van der Waals surface area contributed by atoms with Gasteiger partial charge in [0.15, 0.2) is 0 Å². The zero-order valence-corrected chi connectivity index (χ0v) is 12.2. The number of halogens is 1. The third kappa shape index (κ3) is 3.18. The molecule has 3 heteroatoms. The van der Waals surface area contributed by atoms with Gasteiger partial charge in [-0.2, -0.15) is 0 Å². The number of nitrogens with zero attached hydrogens (tertiary/aromatic N) is 1. The van der Waals surface area contributed by atoms with Crippen LogP contribution in [0.5, 0.6) is 0 Å². The van der Waals surface area contributed by atoms with Crippen molar-refractivity contribution in [2.24, 2.45) is 0 Å². The molecule has 0 spiro atoms. The van der Waals surface area contributed by atoms with Crippen LogP contribution in [-0.4, -0.2) is 12.0 Å². The van der Waals surface area contributed by atoms with E-state index in [1.807, 2.05) is 19.3 Å². The monoisotopic (exact) mass is 304 g/mol. The number of pyridine rings is 1. The van der Waals surface area contributed by atoms with E-state index in [4.69, 9.17) is 0 Å². The molecule has 1 aromatic heterocycles. The number of hydrogen-bond donors (Lipinski definition) is 1. The smallest absolute Gasteiger partial charge is 0.0420 e. The van der Waals surface area contributed by atoms with Crippen molar-refractivity contribution >= 4 is 15.9 Å². The molecule has 0 aliphatic heterocycles. The molecule has 18 heavy (non-hydrogen) atoms. The highest BCUT2D eigenvalue weighted by atomic mass is 79.9. The lowest BCUT2D eigenvalue weighted by molar-refractivity contribution is 0.586. The summed E-state index contributed by atoms with van der Waals surface area (Å²) in [6.07, 6.45) is 2.81. The van der Waals surface area contributed by atoms with Crippen LogP contribution in [-0.2, 0) is 6.42 Å². The fraction of sp³-hybridized carbons (Fsp3) is 0.267. The second kappa shape index (κ2) is 6.12. The van der Waals surface area contributed by atoms with Crippen LogP contribution in [0.3, 0.4) is 0 Å². The molecule has 0 radical (unpaired) electrons. The van der Waals surface area contributed by atoms with Crippen molar-refractivity contribution < 1.29 is 0 Å². The maximum Gasteiger partial charge on any atom is 0.0420 e. The highest BCUT2D eigenvalue weighted by molar-refractivity contribution is 9.10.